The molecule has 0 bridgehead atoms. The number of hydrogen-bond donors (Lipinski definition) is 2. The number of hydrogen-bond acceptors (Lipinski definition) is 3. The third-order valence-corrected chi connectivity index (χ3v) is 3.48. The molecule has 2 aromatic heterocycles. The first kappa shape index (κ1) is 15.8. The van der Waals surface area contributed by atoms with Crippen molar-refractivity contribution in [2.45, 2.75) is 12.6 Å². The SMILES string of the molecule is O=C(O)c1nc2cc[nH]n2c(=O)c1Cc1cccc(C(F)(F)F)c1. The number of aromatic nitrogens is 3. The molecule has 0 unspecified atom stereocenters. The Kier molecular flexibility index (Phi) is 3.63. The molecule has 2 heterocycles. The molecule has 0 aliphatic heterocycles. The van der Waals surface area contributed by atoms with E-state index in [1.807, 2.05) is 0 Å². The Hall–Kier alpha value is -3.10. The number of nitrogens with zero attached hydrogens (tertiary/aromatic N) is 2. The van der Waals surface area contributed by atoms with Crippen LogP contribution >= 0.6 is 0 Å². The quantitative estimate of drug-likeness (QED) is 0.768. The highest BCUT2D eigenvalue weighted by atomic mass is 19.4. The average molecular weight is 337 g/mol. The summed E-state index contributed by atoms with van der Waals surface area (Å²) in [5.74, 6) is -1.42. The van der Waals surface area contributed by atoms with E-state index in [2.05, 4.69) is 10.1 Å². The summed E-state index contributed by atoms with van der Waals surface area (Å²) < 4.78 is 39.4. The summed E-state index contributed by atoms with van der Waals surface area (Å²) >= 11 is 0. The molecule has 0 saturated heterocycles. The van der Waals surface area contributed by atoms with Gasteiger partial charge in [-0.2, -0.15) is 13.2 Å². The first-order valence-electron chi connectivity index (χ1n) is 6.76. The van der Waals surface area contributed by atoms with Gasteiger partial charge in [0, 0.05) is 18.7 Å². The normalized spacial score (nSPS) is 11.8. The minimum absolute atomic E-state index is 0.116. The molecule has 0 atom stereocenters. The summed E-state index contributed by atoms with van der Waals surface area (Å²) in [6.45, 7) is 0. The minimum Gasteiger partial charge on any atom is -0.476 e. The highest BCUT2D eigenvalue weighted by Gasteiger charge is 2.30. The molecule has 1 aromatic carbocycles. The molecule has 3 rings (SSSR count). The van der Waals surface area contributed by atoms with Crippen LogP contribution in [0.25, 0.3) is 5.65 Å². The van der Waals surface area contributed by atoms with E-state index in [0.29, 0.717) is 0 Å². The number of carbonyl (C=O) groups is 1. The van der Waals surface area contributed by atoms with Crippen LogP contribution in [0.3, 0.4) is 0 Å². The standard InChI is InChI=1S/C15H10F3N3O3/c16-15(17,18)9-3-1-2-8(6-9)7-10-12(14(23)24)20-11-4-5-19-21(11)13(10)22/h1-6,19H,7H2,(H,23,24). The molecule has 124 valence electrons. The van der Waals surface area contributed by atoms with Crippen molar-refractivity contribution < 1.29 is 23.1 Å². The van der Waals surface area contributed by atoms with Gasteiger partial charge in [-0.3, -0.25) is 9.89 Å². The maximum Gasteiger partial charge on any atom is 0.416 e. The van der Waals surface area contributed by atoms with Crippen LogP contribution in [0.15, 0.2) is 41.3 Å². The molecule has 6 nitrogen and oxygen atoms in total. The van der Waals surface area contributed by atoms with E-state index >= 15 is 0 Å². The van der Waals surface area contributed by atoms with Crippen molar-refractivity contribution in [2.24, 2.45) is 0 Å². The number of H-pyrrole nitrogens is 1. The van der Waals surface area contributed by atoms with Gasteiger partial charge in [-0.05, 0) is 11.6 Å². The Labute approximate surface area is 132 Å². The number of alkyl halides is 3. The second kappa shape index (κ2) is 5.52. The molecular formula is C15H10F3N3O3. The van der Waals surface area contributed by atoms with Crippen LogP contribution in [0.5, 0.6) is 0 Å². The van der Waals surface area contributed by atoms with E-state index in [1.165, 1.54) is 24.4 Å². The number of aromatic carboxylic acids is 1. The number of aromatic amines is 1. The maximum atomic E-state index is 12.8. The van der Waals surface area contributed by atoms with E-state index < -0.39 is 29.0 Å². The van der Waals surface area contributed by atoms with Crippen molar-refractivity contribution in [1.29, 1.82) is 0 Å². The van der Waals surface area contributed by atoms with Crippen LogP contribution in [0, 0.1) is 0 Å². The molecule has 0 saturated carbocycles. The van der Waals surface area contributed by atoms with Gasteiger partial charge in [0.15, 0.2) is 11.3 Å². The largest absolute Gasteiger partial charge is 0.476 e. The fraction of sp³-hybridized carbons (Fsp3) is 0.133. The molecule has 0 radical (unpaired) electrons. The van der Waals surface area contributed by atoms with E-state index in [0.717, 1.165) is 16.6 Å². The number of halogens is 3. The van der Waals surface area contributed by atoms with Gasteiger partial charge in [0.05, 0.1) is 11.1 Å². The third-order valence-electron chi connectivity index (χ3n) is 3.48. The molecule has 0 amide bonds. The van der Waals surface area contributed by atoms with Gasteiger partial charge in [-0.15, -0.1) is 0 Å². The number of nitrogens with one attached hydrogen (secondary N) is 1. The third kappa shape index (κ3) is 2.75. The average Bonchev–Trinajstić information content (AvgIpc) is 2.98. The number of carboxylic acid groups (broad SMARTS) is 1. The van der Waals surface area contributed by atoms with Gasteiger partial charge < -0.3 is 5.11 Å². The van der Waals surface area contributed by atoms with Crippen molar-refractivity contribution >= 4 is 11.6 Å². The van der Waals surface area contributed by atoms with Gasteiger partial charge in [-0.1, -0.05) is 18.2 Å². The molecule has 0 spiro atoms. The molecule has 3 aromatic rings. The van der Waals surface area contributed by atoms with Gasteiger partial charge in [0.1, 0.15) is 0 Å². The Bertz CT molecular complexity index is 989. The number of rotatable bonds is 3. The number of carboxylic acids is 1. The van der Waals surface area contributed by atoms with E-state index in [-0.39, 0.29) is 23.2 Å². The predicted octanol–water partition coefficient (Wildman–Crippen LogP) is 2.33. The molecule has 2 N–H and O–H groups in total. The number of fused-ring (bicyclic) bond motifs is 1. The van der Waals surface area contributed by atoms with Crippen molar-refractivity contribution in [3.63, 3.8) is 0 Å². The van der Waals surface area contributed by atoms with Crippen LogP contribution in [0.1, 0.15) is 27.2 Å². The lowest BCUT2D eigenvalue weighted by Gasteiger charge is -2.10. The van der Waals surface area contributed by atoms with Crippen LogP contribution in [-0.2, 0) is 12.6 Å². The Morgan fingerprint density at radius 1 is 1.29 bits per heavy atom. The van der Waals surface area contributed by atoms with Crippen molar-refractivity contribution in [2.75, 3.05) is 0 Å². The highest BCUT2D eigenvalue weighted by Crippen LogP contribution is 2.30. The fourth-order valence-corrected chi connectivity index (χ4v) is 2.39. The van der Waals surface area contributed by atoms with Crippen LogP contribution < -0.4 is 5.56 Å². The Morgan fingerprint density at radius 3 is 2.71 bits per heavy atom. The monoisotopic (exact) mass is 337 g/mol. The molecule has 9 heteroatoms. The second-order valence-electron chi connectivity index (χ2n) is 5.08. The summed E-state index contributed by atoms with van der Waals surface area (Å²) in [6, 6.07) is 5.80. The maximum absolute atomic E-state index is 12.8. The summed E-state index contributed by atoms with van der Waals surface area (Å²) in [7, 11) is 0. The lowest BCUT2D eigenvalue weighted by atomic mass is 10.0. The molecule has 0 fully saturated rings. The first-order chi connectivity index (χ1) is 11.3. The smallest absolute Gasteiger partial charge is 0.416 e. The van der Waals surface area contributed by atoms with Gasteiger partial charge in [0.25, 0.3) is 5.56 Å². The van der Waals surface area contributed by atoms with Crippen LogP contribution in [-0.4, -0.2) is 25.7 Å². The van der Waals surface area contributed by atoms with E-state index in [1.54, 1.807) is 0 Å². The first-order valence-corrected chi connectivity index (χ1v) is 6.76. The Morgan fingerprint density at radius 2 is 2.04 bits per heavy atom. The highest BCUT2D eigenvalue weighted by molar-refractivity contribution is 5.87. The zero-order valence-electron chi connectivity index (χ0n) is 12.0. The zero-order chi connectivity index (χ0) is 17.5. The van der Waals surface area contributed by atoms with E-state index in [4.69, 9.17) is 0 Å². The fourth-order valence-electron chi connectivity index (χ4n) is 2.39. The van der Waals surface area contributed by atoms with E-state index in [9.17, 15) is 27.9 Å². The number of benzene rings is 1. The second-order valence-corrected chi connectivity index (χ2v) is 5.08. The lowest BCUT2D eigenvalue weighted by Crippen LogP contribution is -2.25. The molecule has 24 heavy (non-hydrogen) atoms. The minimum atomic E-state index is -4.53. The van der Waals surface area contributed by atoms with Crippen LogP contribution in [0.2, 0.25) is 0 Å². The van der Waals surface area contributed by atoms with Crippen molar-refractivity contribution in [3.8, 4) is 0 Å². The zero-order valence-corrected chi connectivity index (χ0v) is 12.0. The van der Waals surface area contributed by atoms with Gasteiger partial charge >= 0.3 is 12.1 Å². The summed E-state index contributed by atoms with van der Waals surface area (Å²) in [4.78, 5) is 27.6. The summed E-state index contributed by atoms with van der Waals surface area (Å²) in [5.41, 5.74) is -1.92. The van der Waals surface area contributed by atoms with Crippen molar-refractivity contribution in [3.05, 3.63) is 69.3 Å². The lowest BCUT2D eigenvalue weighted by molar-refractivity contribution is -0.137. The van der Waals surface area contributed by atoms with Gasteiger partial charge in [-0.25, -0.2) is 14.3 Å². The molecular weight excluding hydrogens is 327 g/mol. The van der Waals surface area contributed by atoms with Gasteiger partial charge in [0.2, 0.25) is 0 Å². The Balaban J connectivity index is 2.13. The topological polar surface area (TPSA) is 87.5 Å². The summed E-state index contributed by atoms with van der Waals surface area (Å²) in [5, 5.41) is 11.8. The predicted molar refractivity (Wildman–Crippen MR) is 77.0 cm³/mol. The molecule has 0 aliphatic carbocycles. The van der Waals surface area contributed by atoms with Crippen molar-refractivity contribution in [1.82, 2.24) is 14.6 Å². The van der Waals surface area contributed by atoms with Crippen LogP contribution in [0.4, 0.5) is 13.2 Å². The summed E-state index contributed by atoms with van der Waals surface area (Å²) in [6.07, 6.45) is -3.40. The molecule has 0 aliphatic rings.